The zero-order valence-electron chi connectivity index (χ0n) is 14.0. The first-order chi connectivity index (χ1) is 12.2. The number of carbonyl (C=O) groups is 2. The maximum Gasteiger partial charge on any atom is 0.317 e. The second kappa shape index (κ2) is 8.62. The van der Waals surface area contributed by atoms with E-state index in [-0.39, 0.29) is 17.9 Å². The smallest absolute Gasteiger partial charge is 0.317 e. The summed E-state index contributed by atoms with van der Waals surface area (Å²) in [5.41, 5.74) is 1.21. The molecule has 0 radical (unpaired) electrons. The Labute approximate surface area is 151 Å². The number of nitrogens with zero attached hydrogens (tertiary/aromatic N) is 2. The molecule has 1 aromatic carbocycles. The minimum absolute atomic E-state index is 0.000847. The highest BCUT2D eigenvalue weighted by Crippen LogP contribution is 2.20. The Morgan fingerprint density at radius 2 is 1.96 bits per heavy atom. The Balaban J connectivity index is 1.38. The van der Waals surface area contributed by atoms with Gasteiger partial charge in [-0.1, -0.05) is 30.3 Å². The number of carbonyl (C=O) groups excluding carboxylic acids is 2. The van der Waals surface area contributed by atoms with Crippen LogP contribution in [0.3, 0.4) is 0 Å². The van der Waals surface area contributed by atoms with Gasteiger partial charge in [-0.25, -0.2) is 9.78 Å². The molecule has 1 aromatic heterocycles. The molecule has 2 heterocycles. The molecule has 0 bridgehead atoms. The minimum Gasteiger partial charge on any atom is -0.338 e. The maximum atomic E-state index is 12.2. The number of hydrogen-bond acceptors (Lipinski definition) is 4. The van der Waals surface area contributed by atoms with Gasteiger partial charge in [0.2, 0.25) is 5.91 Å². The fraction of sp³-hybridized carbons (Fsp3) is 0.389. The van der Waals surface area contributed by atoms with Crippen LogP contribution in [0.2, 0.25) is 0 Å². The Morgan fingerprint density at radius 3 is 2.64 bits per heavy atom. The van der Waals surface area contributed by atoms with Crippen LogP contribution < -0.4 is 10.6 Å². The van der Waals surface area contributed by atoms with Crippen molar-refractivity contribution in [1.29, 1.82) is 0 Å². The molecule has 0 saturated carbocycles. The van der Waals surface area contributed by atoms with Crippen molar-refractivity contribution in [1.82, 2.24) is 15.2 Å². The number of benzene rings is 1. The van der Waals surface area contributed by atoms with Crippen molar-refractivity contribution in [2.24, 2.45) is 5.92 Å². The first-order valence-electron chi connectivity index (χ1n) is 8.49. The molecule has 0 atom stereocenters. The van der Waals surface area contributed by atoms with Crippen molar-refractivity contribution in [3.8, 4) is 0 Å². The van der Waals surface area contributed by atoms with Gasteiger partial charge >= 0.3 is 6.03 Å². The lowest BCUT2D eigenvalue weighted by molar-refractivity contribution is -0.121. The van der Waals surface area contributed by atoms with E-state index in [0.717, 1.165) is 6.42 Å². The molecule has 0 unspecified atom stereocenters. The third-order valence-electron chi connectivity index (χ3n) is 4.35. The normalized spacial score (nSPS) is 15.0. The molecular formula is C18H22N4O2S. The average Bonchev–Trinajstić information content (AvgIpc) is 3.15. The molecule has 25 heavy (non-hydrogen) atoms. The zero-order valence-corrected chi connectivity index (χ0v) is 14.8. The molecule has 2 aromatic rings. The number of nitrogens with one attached hydrogen (secondary N) is 2. The quantitative estimate of drug-likeness (QED) is 0.863. The Bertz CT molecular complexity index is 682. The zero-order chi connectivity index (χ0) is 17.5. The van der Waals surface area contributed by atoms with E-state index in [1.807, 2.05) is 23.6 Å². The number of anilines is 1. The SMILES string of the molecule is O=C(Nc1nccs1)C1CCN(C(=O)NCCc2ccccc2)CC1. The van der Waals surface area contributed by atoms with E-state index in [1.165, 1.54) is 16.9 Å². The van der Waals surface area contributed by atoms with E-state index in [1.54, 1.807) is 11.1 Å². The van der Waals surface area contributed by atoms with Crippen LogP contribution in [0.4, 0.5) is 9.93 Å². The number of hydrogen-bond donors (Lipinski definition) is 2. The van der Waals surface area contributed by atoms with Crippen molar-refractivity contribution >= 4 is 28.4 Å². The van der Waals surface area contributed by atoms with Crippen LogP contribution >= 0.6 is 11.3 Å². The second-order valence-electron chi connectivity index (χ2n) is 6.06. The molecular weight excluding hydrogens is 336 g/mol. The summed E-state index contributed by atoms with van der Waals surface area (Å²) in [6.45, 7) is 1.83. The Hall–Kier alpha value is -2.41. The number of thiazole rings is 1. The number of likely N-dealkylation sites (tertiary alicyclic amines) is 1. The molecule has 2 N–H and O–H groups in total. The van der Waals surface area contributed by atoms with Gasteiger partial charge in [-0.2, -0.15) is 0 Å². The second-order valence-corrected chi connectivity index (χ2v) is 6.95. The van der Waals surface area contributed by atoms with Gasteiger partial charge in [0.15, 0.2) is 5.13 Å². The third kappa shape index (κ3) is 5.03. The van der Waals surface area contributed by atoms with Crippen LogP contribution in [-0.4, -0.2) is 41.5 Å². The van der Waals surface area contributed by atoms with E-state index >= 15 is 0 Å². The van der Waals surface area contributed by atoms with Crippen LogP contribution in [0.5, 0.6) is 0 Å². The summed E-state index contributed by atoms with van der Waals surface area (Å²) in [7, 11) is 0. The fourth-order valence-electron chi connectivity index (χ4n) is 2.91. The number of rotatable bonds is 5. The van der Waals surface area contributed by atoms with Gasteiger partial charge < -0.3 is 15.5 Å². The molecule has 0 aliphatic carbocycles. The van der Waals surface area contributed by atoms with Crippen LogP contribution in [-0.2, 0) is 11.2 Å². The molecule has 6 nitrogen and oxygen atoms in total. The van der Waals surface area contributed by atoms with Crippen molar-refractivity contribution in [2.75, 3.05) is 25.0 Å². The van der Waals surface area contributed by atoms with E-state index in [0.29, 0.717) is 37.6 Å². The molecule has 1 aliphatic heterocycles. The predicted molar refractivity (Wildman–Crippen MR) is 98.6 cm³/mol. The summed E-state index contributed by atoms with van der Waals surface area (Å²) in [4.78, 5) is 30.3. The van der Waals surface area contributed by atoms with E-state index in [9.17, 15) is 9.59 Å². The van der Waals surface area contributed by atoms with Gasteiger partial charge in [0.25, 0.3) is 0 Å². The van der Waals surface area contributed by atoms with E-state index in [4.69, 9.17) is 0 Å². The third-order valence-corrected chi connectivity index (χ3v) is 5.04. The highest BCUT2D eigenvalue weighted by atomic mass is 32.1. The lowest BCUT2D eigenvalue weighted by atomic mass is 9.96. The molecule has 7 heteroatoms. The van der Waals surface area contributed by atoms with Crippen LogP contribution in [0, 0.1) is 5.92 Å². The van der Waals surface area contributed by atoms with Gasteiger partial charge in [-0.05, 0) is 24.8 Å². The lowest BCUT2D eigenvalue weighted by Crippen LogP contribution is -2.46. The van der Waals surface area contributed by atoms with Crippen molar-refractivity contribution in [2.45, 2.75) is 19.3 Å². The summed E-state index contributed by atoms with van der Waals surface area (Å²) in [6.07, 6.45) is 3.86. The highest BCUT2D eigenvalue weighted by Gasteiger charge is 2.27. The van der Waals surface area contributed by atoms with Crippen LogP contribution in [0.25, 0.3) is 0 Å². The first kappa shape index (κ1) is 17.4. The number of aromatic nitrogens is 1. The predicted octanol–water partition coefficient (Wildman–Crippen LogP) is 2.75. The maximum absolute atomic E-state index is 12.2. The van der Waals surface area contributed by atoms with E-state index < -0.39 is 0 Å². The number of urea groups is 1. The first-order valence-corrected chi connectivity index (χ1v) is 9.37. The molecule has 1 aliphatic rings. The summed E-state index contributed by atoms with van der Waals surface area (Å²) >= 11 is 1.41. The largest absolute Gasteiger partial charge is 0.338 e. The minimum atomic E-state index is -0.0581. The highest BCUT2D eigenvalue weighted by molar-refractivity contribution is 7.13. The Kier molecular flexibility index (Phi) is 6.00. The van der Waals surface area contributed by atoms with Gasteiger partial charge in [-0.15, -0.1) is 11.3 Å². The van der Waals surface area contributed by atoms with Crippen molar-refractivity contribution in [3.63, 3.8) is 0 Å². The molecule has 0 spiro atoms. The van der Waals surface area contributed by atoms with Crippen molar-refractivity contribution < 1.29 is 9.59 Å². The topological polar surface area (TPSA) is 74.3 Å². The van der Waals surface area contributed by atoms with Crippen molar-refractivity contribution in [3.05, 3.63) is 47.5 Å². The number of piperidine rings is 1. The Morgan fingerprint density at radius 1 is 1.20 bits per heavy atom. The van der Waals surface area contributed by atoms with Crippen LogP contribution in [0.1, 0.15) is 18.4 Å². The standard InChI is InChI=1S/C18H22N4O2S/c23-16(21-17-19-10-13-25-17)15-7-11-22(12-8-15)18(24)20-9-6-14-4-2-1-3-5-14/h1-5,10,13,15H,6-9,11-12H2,(H,20,24)(H,19,21,23). The molecule has 3 amide bonds. The molecule has 1 fully saturated rings. The summed E-state index contributed by atoms with van der Waals surface area (Å²) in [6, 6.07) is 10.0. The average molecular weight is 358 g/mol. The monoisotopic (exact) mass is 358 g/mol. The lowest BCUT2D eigenvalue weighted by Gasteiger charge is -2.31. The summed E-state index contributed by atoms with van der Waals surface area (Å²) in [5, 5.41) is 8.26. The van der Waals surface area contributed by atoms with Gasteiger partial charge in [-0.3, -0.25) is 4.79 Å². The van der Waals surface area contributed by atoms with E-state index in [2.05, 4.69) is 27.8 Å². The fourth-order valence-corrected chi connectivity index (χ4v) is 3.44. The molecule has 3 rings (SSSR count). The molecule has 1 saturated heterocycles. The van der Waals surface area contributed by atoms with Crippen LogP contribution in [0.15, 0.2) is 41.9 Å². The van der Waals surface area contributed by atoms with Gasteiger partial charge in [0.1, 0.15) is 0 Å². The van der Waals surface area contributed by atoms with Gasteiger partial charge in [0, 0.05) is 37.1 Å². The summed E-state index contributed by atoms with van der Waals surface area (Å²) < 4.78 is 0. The van der Waals surface area contributed by atoms with Gasteiger partial charge in [0.05, 0.1) is 0 Å². The molecule has 132 valence electrons. The summed E-state index contributed by atoms with van der Waals surface area (Å²) in [5.74, 6) is -0.0589. The number of amides is 3.